The van der Waals surface area contributed by atoms with Crippen LogP contribution in [0.4, 0.5) is 5.69 Å². The number of aromatic hydroxyl groups is 1. The van der Waals surface area contributed by atoms with Crippen LogP contribution in [0.25, 0.3) is 0 Å². The Labute approximate surface area is 243 Å². The molecule has 3 unspecified atom stereocenters. The molecule has 6 atom stereocenters. The van der Waals surface area contributed by atoms with E-state index in [0.29, 0.717) is 16.8 Å². The van der Waals surface area contributed by atoms with Gasteiger partial charge in [-0.05, 0) is 57.3 Å². The van der Waals surface area contributed by atoms with E-state index in [9.17, 15) is 39.0 Å². The Hall–Kier alpha value is -3.64. The van der Waals surface area contributed by atoms with Gasteiger partial charge in [0, 0.05) is 43.7 Å². The molecule has 1 aromatic carbocycles. The molecule has 2 amide bonds. The van der Waals surface area contributed by atoms with Gasteiger partial charge in [0.2, 0.25) is 11.8 Å². The van der Waals surface area contributed by atoms with E-state index in [-0.39, 0.29) is 42.5 Å². The second-order valence-corrected chi connectivity index (χ2v) is 12.6. The van der Waals surface area contributed by atoms with Crippen molar-refractivity contribution >= 4 is 40.6 Å². The Kier molecular flexibility index (Phi) is 7.51. The number of aliphatic hydroxyl groups is 1. The van der Waals surface area contributed by atoms with Crippen molar-refractivity contribution < 1.29 is 39.0 Å². The molecule has 0 spiro atoms. The van der Waals surface area contributed by atoms with Gasteiger partial charge in [-0.2, -0.15) is 0 Å². The van der Waals surface area contributed by atoms with E-state index in [4.69, 9.17) is 5.73 Å². The van der Waals surface area contributed by atoms with Crippen LogP contribution >= 0.6 is 0 Å². The van der Waals surface area contributed by atoms with Crippen LogP contribution in [0.5, 0.6) is 5.75 Å². The lowest BCUT2D eigenvalue weighted by atomic mass is 9.52. The number of hydrogen-bond acceptors (Lipinski definition) is 10. The Morgan fingerprint density at radius 2 is 1.71 bits per heavy atom. The number of phenols is 1. The van der Waals surface area contributed by atoms with E-state index in [2.05, 4.69) is 5.32 Å². The summed E-state index contributed by atoms with van der Waals surface area (Å²) in [5.41, 5.74) is 3.95. The molecule has 0 aliphatic heterocycles. The zero-order valence-electron chi connectivity index (χ0n) is 24.3. The monoisotopic (exact) mass is 582 g/mol. The number of hydrogen-bond donors (Lipinski definition) is 4. The van der Waals surface area contributed by atoms with Crippen LogP contribution in [0.2, 0.25) is 0 Å². The molecule has 12 nitrogen and oxygen atoms in total. The van der Waals surface area contributed by atoms with Crippen LogP contribution in [-0.2, 0) is 36.9 Å². The summed E-state index contributed by atoms with van der Waals surface area (Å²) in [6.45, 7) is -0.0258. The maximum atomic E-state index is 14.1. The van der Waals surface area contributed by atoms with Gasteiger partial charge in [0.1, 0.15) is 5.75 Å². The van der Waals surface area contributed by atoms with Crippen LogP contribution in [0.1, 0.15) is 53.6 Å². The number of amides is 2. The van der Waals surface area contributed by atoms with Crippen molar-refractivity contribution in [3.63, 3.8) is 0 Å². The highest BCUT2D eigenvalue weighted by molar-refractivity contribution is 6.32. The fourth-order valence-electron chi connectivity index (χ4n) is 7.75. The zero-order valence-corrected chi connectivity index (χ0v) is 24.3. The highest BCUT2D eigenvalue weighted by Crippen LogP contribution is 2.52. The number of nitrogens with two attached hydrogens (primary N) is 1. The van der Waals surface area contributed by atoms with Crippen molar-refractivity contribution in [3.8, 4) is 5.75 Å². The van der Waals surface area contributed by atoms with Crippen molar-refractivity contribution in [1.29, 1.82) is 0 Å². The summed E-state index contributed by atoms with van der Waals surface area (Å²) in [5, 5.41) is 25.9. The molecule has 12 heteroatoms. The largest absolute Gasteiger partial charge is 0.507 e. The van der Waals surface area contributed by atoms with Crippen molar-refractivity contribution in [2.24, 2.45) is 35.3 Å². The maximum absolute atomic E-state index is 14.1. The molecule has 0 radical (unpaired) electrons. The lowest BCUT2D eigenvalue weighted by Gasteiger charge is -2.52. The van der Waals surface area contributed by atoms with E-state index in [0.717, 1.165) is 25.7 Å². The predicted octanol–water partition coefficient (Wildman–Crippen LogP) is -0.261. The van der Waals surface area contributed by atoms with Crippen molar-refractivity contribution in [2.45, 2.75) is 56.7 Å². The van der Waals surface area contributed by atoms with Gasteiger partial charge < -0.3 is 26.2 Å². The number of ketones is 4. The molecule has 0 bridgehead atoms. The Balaban J connectivity index is 1.56. The lowest BCUT2D eigenvalue weighted by molar-refractivity contribution is -0.181. The van der Waals surface area contributed by atoms with Crippen LogP contribution in [0.3, 0.4) is 0 Å². The number of fused-ring (bicyclic) bond motifs is 3. The van der Waals surface area contributed by atoms with Crippen LogP contribution in [-0.4, -0.2) is 89.9 Å². The van der Waals surface area contributed by atoms with Gasteiger partial charge in [-0.25, -0.2) is 0 Å². The maximum Gasteiger partial charge on any atom is 0.235 e. The molecule has 1 aromatic rings. The van der Waals surface area contributed by atoms with Gasteiger partial charge in [-0.1, -0.05) is 12.8 Å². The molecule has 3 fully saturated rings. The first-order valence-electron chi connectivity index (χ1n) is 14.4. The molecule has 3 saturated carbocycles. The quantitative estimate of drug-likeness (QED) is 0.326. The summed E-state index contributed by atoms with van der Waals surface area (Å²) in [4.78, 5) is 82.9. The molecule has 4 aliphatic rings. The molecule has 5 rings (SSSR count). The number of Topliss-reactive ketones (excluding diaryl/α,β-unsaturated/α-hetero) is 4. The predicted molar refractivity (Wildman–Crippen MR) is 149 cm³/mol. The molecule has 42 heavy (non-hydrogen) atoms. The SMILES string of the molecule is CN(C)c1cc(CNC(=O)C2CCCC2)c(O)c2c1C[C@@H]1C[C@@H]3C(N(C)C)C(=O)C(C(N)=O)C(=O)[C@]3(O)C(=O)C1C2=O. The van der Waals surface area contributed by atoms with Gasteiger partial charge in [0.15, 0.2) is 34.7 Å². The number of carbonyl (C=O) groups excluding carboxylic acids is 6. The second-order valence-electron chi connectivity index (χ2n) is 12.6. The van der Waals surface area contributed by atoms with E-state index >= 15 is 0 Å². The molecular weight excluding hydrogens is 544 g/mol. The summed E-state index contributed by atoms with van der Waals surface area (Å²) in [5.74, 6) is -11.1. The Bertz CT molecular complexity index is 1400. The second kappa shape index (κ2) is 10.6. The number of nitrogens with one attached hydrogen (secondary N) is 1. The minimum Gasteiger partial charge on any atom is -0.507 e. The van der Waals surface area contributed by atoms with Crippen LogP contribution in [0, 0.1) is 29.6 Å². The number of likely N-dealkylation sites (N-methyl/N-ethyl adjacent to an activating group) is 1. The first-order valence-corrected chi connectivity index (χ1v) is 14.4. The van der Waals surface area contributed by atoms with Gasteiger partial charge >= 0.3 is 0 Å². The fourth-order valence-corrected chi connectivity index (χ4v) is 7.75. The summed E-state index contributed by atoms with van der Waals surface area (Å²) < 4.78 is 0. The first kappa shape index (κ1) is 29.8. The number of benzene rings is 1. The van der Waals surface area contributed by atoms with E-state index in [1.807, 2.05) is 0 Å². The number of nitrogens with zero attached hydrogens (tertiary/aromatic N) is 2. The zero-order chi connectivity index (χ0) is 30.8. The van der Waals surface area contributed by atoms with Crippen LogP contribution in [0.15, 0.2) is 6.07 Å². The first-order chi connectivity index (χ1) is 19.7. The van der Waals surface area contributed by atoms with Gasteiger partial charge in [-0.15, -0.1) is 0 Å². The summed E-state index contributed by atoms with van der Waals surface area (Å²) >= 11 is 0. The number of rotatable bonds is 6. The molecule has 0 saturated heterocycles. The lowest BCUT2D eigenvalue weighted by Crippen LogP contribution is -2.74. The minimum atomic E-state index is -2.77. The Morgan fingerprint density at radius 1 is 1.07 bits per heavy atom. The highest BCUT2D eigenvalue weighted by atomic mass is 16.3. The number of anilines is 1. The molecule has 4 aliphatic carbocycles. The van der Waals surface area contributed by atoms with Gasteiger partial charge in [-0.3, -0.25) is 33.7 Å². The Morgan fingerprint density at radius 3 is 2.29 bits per heavy atom. The fraction of sp³-hybridized carbons (Fsp3) is 0.600. The molecule has 0 aromatic heterocycles. The number of primary amides is 1. The molecule has 226 valence electrons. The highest BCUT2D eigenvalue weighted by Gasteiger charge is 2.69. The third-order valence-corrected chi connectivity index (χ3v) is 9.78. The number of carbonyl (C=O) groups is 6. The third kappa shape index (κ3) is 4.34. The van der Waals surface area contributed by atoms with E-state index in [1.165, 1.54) is 4.90 Å². The van der Waals surface area contributed by atoms with Crippen molar-refractivity contribution in [2.75, 3.05) is 33.1 Å². The summed E-state index contributed by atoms with van der Waals surface area (Å²) in [6.07, 6.45) is 3.72. The average Bonchev–Trinajstić information content (AvgIpc) is 3.45. The molecular formula is C30H38N4O8. The number of phenolic OH excluding ortho intramolecular Hbond substituents is 1. The normalized spacial score (nSPS) is 31.0. The van der Waals surface area contributed by atoms with E-state index in [1.54, 1.807) is 39.2 Å². The molecule has 0 heterocycles. The minimum absolute atomic E-state index is 0.0171. The van der Waals surface area contributed by atoms with Gasteiger partial charge in [0.05, 0.1) is 17.5 Å². The van der Waals surface area contributed by atoms with Crippen molar-refractivity contribution in [1.82, 2.24) is 10.2 Å². The van der Waals surface area contributed by atoms with Crippen molar-refractivity contribution in [3.05, 3.63) is 22.8 Å². The summed E-state index contributed by atoms with van der Waals surface area (Å²) in [7, 11) is 6.65. The smallest absolute Gasteiger partial charge is 0.235 e. The average molecular weight is 583 g/mol. The van der Waals surface area contributed by atoms with E-state index < -0.39 is 64.4 Å². The topological polar surface area (TPSA) is 187 Å². The van der Waals surface area contributed by atoms with Gasteiger partial charge in [0.25, 0.3) is 0 Å². The molecule has 5 N–H and O–H groups in total. The van der Waals surface area contributed by atoms with Crippen LogP contribution < -0.4 is 16.0 Å². The standard InChI is InChI=1S/C30H38N4O8/c1-33(2)18-11-15(12-32-29(41)13-7-5-6-8-13)23(35)20-16(18)9-14-10-17-22(34(3)4)25(37)21(28(31)40)27(39)30(17,42)26(38)19(14)24(20)36/h11,13-14,17,19,21-22,35,42H,5-10,12H2,1-4H3,(H2,31,40)(H,32,41)/t14-,17-,19?,21?,22?,30-/m1/s1. The third-order valence-electron chi connectivity index (χ3n) is 9.78. The summed E-state index contributed by atoms with van der Waals surface area (Å²) in [6, 6.07) is 0.560.